The minimum absolute atomic E-state index is 0.00739. The second kappa shape index (κ2) is 26.3. The van der Waals surface area contributed by atoms with Gasteiger partial charge in [-0.3, -0.25) is 38.6 Å². The zero-order chi connectivity index (χ0) is 57.5. The van der Waals surface area contributed by atoms with Gasteiger partial charge in [0.05, 0.1) is 31.2 Å². The third-order valence-corrected chi connectivity index (χ3v) is 17.3. The van der Waals surface area contributed by atoms with Crippen LogP contribution in [0.5, 0.6) is 0 Å². The first-order valence-electron chi connectivity index (χ1n) is 28.6. The van der Waals surface area contributed by atoms with Crippen molar-refractivity contribution >= 4 is 46.6 Å². The highest BCUT2D eigenvalue weighted by Gasteiger charge is 2.48. The van der Waals surface area contributed by atoms with Crippen LogP contribution < -0.4 is 26.2 Å². The number of nitrogens with zero attached hydrogens (tertiary/aromatic N) is 4. The normalized spacial score (nSPS) is 23.1. The van der Waals surface area contributed by atoms with Gasteiger partial charge in [0, 0.05) is 108 Å². The number of hydrogen-bond donors (Lipinski definition) is 4. The second-order valence-corrected chi connectivity index (χ2v) is 23.1. The fourth-order valence-electron chi connectivity index (χ4n) is 12.3. The summed E-state index contributed by atoms with van der Waals surface area (Å²) in [4.78, 5) is 93.4. The number of carbonyl (C=O) groups is 6. The summed E-state index contributed by atoms with van der Waals surface area (Å²) >= 11 is 0. The lowest BCUT2D eigenvalue weighted by molar-refractivity contribution is -0.146. The van der Waals surface area contributed by atoms with E-state index in [1.807, 2.05) is 25.1 Å². The molecule has 0 aliphatic carbocycles. The number of carbonyl (C=O) groups excluding carboxylic acids is 6. The number of Topliss-reactive ketones (excluding diaryl/α,β-unsaturated/α-hetero) is 2. The SMILES string of the molecule is CN[C@@H](C)C(=O)C[C@H](C(=O)N1Cc2ccc(CC(=O)CCCNC(=O)[C@]3(C)CN(C(=O)CN4C[C@@H](C)NC[C@@H]4CN4CCOC[C@H]4C)c4cc(Cc5ccc(F)cc5)ccc43)cc2[C@H]1C(=O)Nc1c(F)cccc1F)C1CCOCC1. The van der Waals surface area contributed by atoms with Crippen LogP contribution in [0.2, 0.25) is 0 Å². The summed E-state index contributed by atoms with van der Waals surface area (Å²) in [5.74, 6) is -5.31. The van der Waals surface area contributed by atoms with Gasteiger partial charge < -0.3 is 40.5 Å². The standard InChI is InChI=1S/C62H77F3N8O8/c1-38-32-71(47(31-68-38)34-70-22-25-81-36-39(70)2)35-56(76)73-37-62(4,51-18-14-42(29-54(51)73)26-41-12-16-46(63)17-13-41)61(79)67-21-7-8-48(74)27-43-11-15-45-33-72(58(49(45)28-43)59(77)69-57-52(64)9-6-10-53(57)65)60(78)50(30-55(75)40(3)66-5)44-19-23-80-24-20-44/h6,9-18,28-29,38-40,44,47,50,58,66,68H,7-8,19-27,30-37H2,1-5H3,(H,67,79)(H,69,77)/t38-,39-,40+,47-,50+,58+,62-/m1/s1. The molecule has 4 aromatic rings. The highest BCUT2D eigenvalue weighted by molar-refractivity contribution is 6.03. The van der Waals surface area contributed by atoms with Crippen LogP contribution in [0.15, 0.2) is 78.9 Å². The number of nitrogens with one attached hydrogen (secondary N) is 4. The van der Waals surface area contributed by atoms with Crippen molar-refractivity contribution in [2.45, 2.75) is 115 Å². The lowest BCUT2D eigenvalue weighted by Crippen LogP contribution is -2.62. The topological polar surface area (TPSA) is 182 Å². The summed E-state index contributed by atoms with van der Waals surface area (Å²) in [6.45, 7) is 13.4. The molecule has 0 aromatic heterocycles. The molecule has 19 heteroatoms. The molecule has 16 nitrogen and oxygen atoms in total. The van der Waals surface area contributed by atoms with Gasteiger partial charge in [-0.05, 0) is 130 Å². The molecule has 0 radical (unpaired) electrons. The van der Waals surface area contributed by atoms with Crippen LogP contribution in [0.3, 0.4) is 0 Å². The fourth-order valence-corrected chi connectivity index (χ4v) is 12.3. The van der Waals surface area contributed by atoms with E-state index in [0.717, 1.165) is 42.9 Å². The lowest BCUT2D eigenvalue weighted by Gasteiger charge is -2.43. The van der Waals surface area contributed by atoms with Crippen LogP contribution in [-0.4, -0.2) is 153 Å². The van der Waals surface area contributed by atoms with Gasteiger partial charge in [-0.1, -0.05) is 48.5 Å². The first-order valence-corrected chi connectivity index (χ1v) is 28.6. The molecule has 0 unspecified atom stereocenters. The number of amides is 4. The van der Waals surface area contributed by atoms with Gasteiger partial charge >= 0.3 is 0 Å². The Morgan fingerprint density at radius 1 is 0.864 bits per heavy atom. The van der Waals surface area contributed by atoms with Gasteiger partial charge in [-0.25, -0.2) is 13.2 Å². The molecule has 0 spiro atoms. The molecule has 4 aromatic carbocycles. The van der Waals surface area contributed by atoms with Crippen LogP contribution in [0.25, 0.3) is 0 Å². The smallest absolute Gasteiger partial charge is 0.252 e. The number of likely N-dealkylation sites (N-methyl/N-ethyl adjacent to an activating group) is 1. The van der Waals surface area contributed by atoms with Crippen molar-refractivity contribution < 1.29 is 51.4 Å². The Kier molecular flexibility index (Phi) is 19.2. The van der Waals surface area contributed by atoms with E-state index in [-0.39, 0.29) is 98.7 Å². The summed E-state index contributed by atoms with van der Waals surface area (Å²) in [6, 6.07) is 19.2. The Hall–Kier alpha value is -6.35. The van der Waals surface area contributed by atoms with Crippen LogP contribution in [0, 0.1) is 29.3 Å². The lowest BCUT2D eigenvalue weighted by atomic mass is 9.81. The minimum atomic E-state index is -1.34. The van der Waals surface area contributed by atoms with Crippen LogP contribution in [0.4, 0.5) is 24.5 Å². The number of fused-ring (bicyclic) bond motifs is 2. The van der Waals surface area contributed by atoms with E-state index in [9.17, 15) is 33.2 Å². The number of anilines is 2. The molecule has 3 fully saturated rings. The van der Waals surface area contributed by atoms with E-state index in [4.69, 9.17) is 9.47 Å². The quantitative estimate of drug-likeness (QED) is 0.0714. The number of piperazine rings is 1. The molecule has 4 N–H and O–H groups in total. The molecule has 5 heterocycles. The van der Waals surface area contributed by atoms with Crippen LogP contribution in [-0.2, 0) is 63.0 Å². The molecule has 4 amide bonds. The van der Waals surface area contributed by atoms with Crippen molar-refractivity contribution in [2.24, 2.45) is 11.8 Å². The summed E-state index contributed by atoms with van der Waals surface area (Å²) in [6.07, 6.45) is 1.86. The molecule has 9 rings (SSSR count). The zero-order valence-corrected chi connectivity index (χ0v) is 47.2. The van der Waals surface area contributed by atoms with Crippen molar-refractivity contribution in [2.75, 3.05) is 89.5 Å². The third kappa shape index (κ3) is 13.8. The van der Waals surface area contributed by atoms with Crippen LogP contribution in [0.1, 0.15) is 99.2 Å². The maximum Gasteiger partial charge on any atom is 0.252 e. The van der Waals surface area contributed by atoms with Gasteiger partial charge in [-0.2, -0.15) is 0 Å². The molecular formula is C62H77F3N8O8. The van der Waals surface area contributed by atoms with E-state index in [1.165, 1.54) is 23.1 Å². The zero-order valence-electron chi connectivity index (χ0n) is 47.2. The van der Waals surface area contributed by atoms with E-state index >= 15 is 8.78 Å². The van der Waals surface area contributed by atoms with Gasteiger partial charge in [0.2, 0.25) is 17.7 Å². The molecule has 5 aliphatic rings. The summed E-state index contributed by atoms with van der Waals surface area (Å²) in [5.41, 5.74) is 2.96. The van der Waals surface area contributed by atoms with E-state index in [0.29, 0.717) is 86.6 Å². The number of ether oxygens (including phenoxy) is 2. The van der Waals surface area contributed by atoms with Crippen molar-refractivity contribution in [3.8, 4) is 0 Å². The van der Waals surface area contributed by atoms with Crippen molar-refractivity contribution in [1.29, 1.82) is 0 Å². The van der Waals surface area contributed by atoms with Crippen molar-refractivity contribution in [1.82, 2.24) is 30.7 Å². The number of para-hydroxylation sites is 1. The van der Waals surface area contributed by atoms with Crippen molar-refractivity contribution in [3.63, 3.8) is 0 Å². The first-order chi connectivity index (χ1) is 38.9. The summed E-state index contributed by atoms with van der Waals surface area (Å²) in [5, 5.41) is 12.0. The predicted molar refractivity (Wildman–Crippen MR) is 301 cm³/mol. The van der Waals surface area contributed by atoms with Crippen molar-refractivity contribution in [3.05, 3.63) is 130 Å². The molecule has 0 bridgehead atoms. The van der Waals surface area contributed by atoms with E-state index in [2.05, 4.69) is 44.9 Å². The molecular weight excluding hydrogens is 1040 g/mol. The fraction of sp³-hybridized carbons (Fsp3) is 0.516. The van der Waals surface area contributed by atoms with Gasteiger partial charge in [-0.15, -0.1) is 0 Å². The highest BCUT2D eigenvalue weighted by atomic mass is 19.1. The highest BCUT2D eigenvalue weighted by Crippen LogP contribution is 2.43. The van der Waals surface area contributed by atoms with Gasteiger partial charge in [0.25, 0.3) is 5.91 Å². The largest absolute Gasteiger partial charge is 0.381 e. The maximum absolute atomic E-state index is 15.0. The minimum Gasteiger partial charge on any atom is -0.381 e. The van der Waals surface area contributed by atoms with Gasteiger partial charge in [0.1, 0.15) is 40.7 Å². The Morgan fingerprint density at radius 3 is 2.32 bits per heavy atom. The first kappa shape index (κ1) is 59.3. The molecule has 7 atom stereocenters. The number of hydrogen-bond acceptors (Lipinski definition) is 12. The number of ketones is 2. The maximum atomic E-state index is 15.0. The Morgan fingerprint density at radius 2 is 1.59 bits per heavy atom. The van der Waals surface area contributed by atoms with Crippen LogP contribution >= 0.6 is 0 Å². The molecule has 5 aliphatic heterocycles. The summed E-state index contributed by atoms with van der Waals surface area (Å²) in [7, 11) is 1.66. The molecule has 3 saturated heterocycles. The number of rotatable bonds is 21. The second-order valence-electron chi connectivity index (χ2n) is 23.1. The predicted octanol–water partition coefficient (Wildman–Crippen LogP) is 6.02. The number of benzene rings is 4. The molecule has 81 heavy (non-hydrogen) atoms. The number of halogens is 3. The third-order valence-electron chi connectivity index (χ3n) is 17.3. The van der Waals surface area contributed by atoms with E-state index < -0.39 is 52.6 Å². The average Bonchev–Trinajstić information content (AvgIpc) is 4.20. The summed E-state index contributed by atoms with van der Waals surface area (Å²) < 4.78 is 55.2. The van der Waals surface area contributed by atoms with E-state index in [1.54, 1.807) is 49.2 Å². The van der Waals surface area contributed by atoms with Gasteiger partial charge in [0.15, 0.2) is 0 Å². The monoisotopic (exact) mass is 1120 g/mol. The Labute approximate surface area is 472 Å². The Bertz CT molecular complexity index is 2940. The molecule has 434 valence electrons. The molecule has 0 saturated carbocycles. The number of morpholine rings is 1. The Balaban J connectivity index is 0.879. The average molecular weight is 1120 g/mol.